The molecule has 1 aliphatic carbocycles. The predicted octanol–water partition coefficient (Wildman–Crippen LogP) is 3.39. The number of nitrogens with zero attached hydrogens (tertiary/aromatic N) is 2. The standard InChI is InChI=1S/C14H20N2.ClH/c1-16(2)11-13-5-3-4-6-14(13)12-7-9-15-10-8-12;/h7-10H,3-6,11H2,1-2H3;1H. The van der Waals surface area contributed by atoms with Gasteiger partial charge in [-0.3, -0.25) is 4.98 Å². The lowest BCUT2D eigenvalue weighted by Crippen LogP contribution is -2.17. The Hall–Kier alpha value is -0.860. The van der Waals surface area contributed by atoms with Gasteiger partial charge in [-0.1, -0.05) is 5.57 Å². The highest BCUT2D eigenvalue weighted by Gasteiger charge is 2.14. The van der Waals surface area contributed by atoms with E-state index in [-0.39, 0.29) is 12.4 Å². The summed E-state index contributed by atoms with van der Waals surface area (Å²) in [6, 6.07) is 4.27. The molecule has 0 aromatic carbocycles. The molecule has 3 heteroatoms. The predicted molar refractivity (Wildman–Crippen MR) is 75.4 cm³/mol. The molecule has 0 bridgehead atoms. The van der Waals surface area contributed by atoms with Crippen LogP contribution in [-0.4, -0.2) is 30.5 Å². The molecule has 0 atom stereocenters. The average molecular weight is 253 g/mol. The summed E-state index contributed by atoms with van der Waals surface area (Å²) in [7, 11) is 4.29. The van der Waals surface area contributed by atoms with Crippen LogP contribution in [-0.2, 0) is 0 Å². The largest absolute Gasteiger partial charge is 0.305 e. The van der Waals surface area contributed by atoms with E-state index >= 15 is 0 Å². The van der Waals surface area contributed by atoms with Crippen LogP contribution < -0.4 is 0 Å². The lowest BCUT2D eigenvalue weighted by Gasteiger charge is -2.23. The van der Waals surface area contributed by atoms with Gasteiger partial charge in [-0.2, -0.15) is 0 Å². The minimum Gasteiger partial charge on any atom is -0.305 e. The van der Waals surface area contributed by atoms with Gasteiger partial charge in [0, 0.05) is 18.9 Å². The quantitative estimate of drug-likeness (QED) is 0.820. The van der Waals surface area contributed by atoms with E-state index in [1.807, 2.05) is 12.4 Å². The summed E-state index contributed by atoms with van der Waals surface area (Å²) < 4.78 is 0. The molecular weight excluding hydrogens is 232 g/mol. The fraction of sp³-hybridized carbons (Fsp3) is 0.500. The normalized spacial score (nSPS) is 15.9. The van der Waals surface area contributed by atoms with E-state index in [1.165, 1.54) is 31.2 Å². The molecule has 0 saturated carbocycles. The molecule has 0 unspecified atom stereocenters. The highest BCUT2D eigenvalue weighted by molar-refractivity contribution is 5.85. The fourth-order valence-electron chi connectivity index (χ4n) is 2.43. The van der Waals surface area contributed by atoms with Gasteiger partial charge in [-0.25, -0.2) is 0 Å². The van der Waals surface area contributed by atoms with E-state index in [1.54, 1.807) is 11.1 Å². The summed E-state index contributed by atoms with van der Waals surface area (Å²) in [5, 5.41) is 0. The molecule has 17 heavy (non-hydrogen) atoms. The molecule has 2 nitrogen and oxygen atoms in total. The molecule has 0 saturated heterocycles. The Morgan fingerprint density at radius 2 is 1.76 bits per heavy atom. The van der Waals surface area contributed by atoms with Gasteiger partial charge in [-0.15, -0.1) is 12.4 Å². The number of halogens is 1. The van der Waals surface area contributed by atoms with E-state index in [9.17, 15) is 0 Å². The van der Waals surface area contributed by atoms with Crippen molar-refractivity contribution in [1.82, 2.24) is 9.88 Å². The Balaban J connectivity index is 0.00000144. The van der Waals surface area contributed by atoms with Gasteiger partial charge in [0.1, 0.15) is 0 Å². The molecule has 1 aliphatic rings. The third-order valence-corrected chi connectivity index (χ3v) is 3.12. The van der Waals surface area contributed by atoms with Crippen molar-refractivity contribution in [2.24, 2.45) is 0 Å². The summed E-state index contributed by atoms with van der Waals surface area (Å²) in [6.07, 6.45) is 8.95. The van der Waals surface area contributed by atoms with Crippen LogP contribution >= 0.6 is 12.4 Å². The van der Waals surface area contributed by atoms with E-state index in [0.29, 0.717) is 0 Å². The number of hydrogen-bond donors (Lipinski definition) is 0. The van der Waals surface area contributed by atoms with Crippen LogP contribution in [0.4, 0.5) is 0 Å². The van der Waals surface area contributed by atoms with Crippen LogP contribution in [0, 0.1) is 0 Å². The lowest BCUT2D eigenvalue weighted by atomic mass is 9.87. The molecule has 0 fully saturated rings. The molecule has 94 valence electrons. The van der Waals surface area contributed by atoms with E-state index < -0.39 is 0 Å². The average Bonchev–Trinajstić information content (AvgIpc) is 2.30. The molecule has 0 spiro atoms. The second kappa shape index (κ2) is 6.77. The van der Waals surface area contributed by atoms with Crippen molar-refractivity contribution >= 4 is 18.0 Å². The maximum atomic E-state index is 4.09. The monoisotopic (exact) mass is 252 g/mol. The minimum absolute atomic E-state index is 0. The van der Waals surface area contributed by atoms with Gasteiger partial charge in [0.25, 0.3) is 0 Å². The van der Waals surface area contributed by atoms with Crippen molar-refractivity contribution < 1.29 is 0 Å². The summed E-state index contributed by atoms with van der Waals surface area (Å²) in [5.41, 5.74) is 4.54. The van der Waals surface area contributed by atoms with E-state index in [4.69, 9.17) is 0 Å². The molecule has 1 aromatic heterocycles. The molecule has 0 radical (unpaired) electrons. The topological polar surface area (TPSA) is 16.1 Å². The molecular formula is C14H21ClN2. The Bertz CT molecular complexity index is 371. The first kappa shape index (κ1) is 14.2. The number of hydrogen-bond acceptors (Lipinski definition) is 2. The van der Waals surface area contributed by atoms with Crippen molar-refractivity contribution in [3.8, 4) is 0 Å². The number of aromatic nitrogens is 1. The maximum Gasteiger partial charge on any atom is 0.0273 e. The smallest absolute Gasteiger partial charge is 0.0273 e. The number of likely N-dealkylation sites (N-methyl/N-ethyl adjacent to an activating group) is 1. The van der Waals surface area contributed by atoms with Crippen LogP contribution in [0.1, 0.15) is 31.2 Å². The lowest BCUT2D eigenvalue weighted by molar-refractivity contribution is 0.434. The first-order chi connectivity index (χ1) is 7.77. The Kier molecular flexibility index (Phi) is 5.66. The molecule has 0 amide bonds. The van der Waals surface area contributed by atoms with Crippen LogP contribution in [0.15, 0.2) is 30.1 Å². The minimum atomic E-state index is 0. The SMILES string of the molecule is CN(C)CC1=C(c2ccncc2)CCCC1.Cl. The third-order valence-electron chi connectivity index (χ3n) is 3.12. The Morgan fingerprint density at radius 3 is 2.41 bits per heavy atom. The molecule has 0 N–H and O–H groups in total. The van der Waals surface area contributed by atoms with E-state index in [0.717, 1.165) is 6.54 Å². The number of allylic oxidation sites excluding steroid dienone is 1. The summed E-state index contributed by atoms with van der Waals surface area (Å²) >= 11 is 0. The van der Waals surface area contributed by atoms with Gasteiger partial charge in [0.15, 0.2) is 0 Å². The molecule has 2 rings (SSSR count). The highest BCUT2D eigenvalue weighted by atomic mass is 35.5. The second-order valence-electron chi connectivity index (χ2n) is 4.76. The van der Waals surface area contributed by atoms with Gasteiger partial charge < -0.3 is 4.90 Å². The van der Waals surface area contributed by atoms with Crippen molar-refractivity contribution in [1.29, 1.82) is 0 Å². The van der Waals surface area contributed by atoms with Gasteiger partial charge in [-0.05, 0) is 63.0 Å². The van der Waals surface area contributed by atoms with Crippen molar-refractivity contribution in [2.45, 2.75) is 25.7 Å². The second-order valence-corrected chi connectivity index (χ2v) is 4.76. The van der Waals surface area contributed by atoms with Crippen molar-refractivity contribution in [3.05, 3.63) is 35.7 Å². The van der Waals surface area contributed by atoms with Gasteiger partial charge >= 0.3 is 0 Å². The maximum absolute atomic E-state index is 4.09. The van der Waals surface area contributed by atoms with E-state index in [2.05, 4.69) is 36.1 Å². The first-order valence-corrected chi connectivity index (χ1v) is 6.03. The van der Waals surface area contributed by atoms with Gasteiger partial charge in [0.05, 0.1) is 0 Å². The zero-order chi connectivity index (χ0) is 11.4. The summed E-state index contributed by atoms with van der Waals surface area (Å²) in [6.45, 7) is 1.09. The number of rotatable bonds is 3. The zero-order valence-electron chi connectivity index (χ0n) is 10.6. The molecule has 0 aliphatic heterocycles. The van der Waals surface area contributed by atoms with Crippen LogP contribution in [0.2, 0.25) is 0 Å². The fourth-order valence-corrected chi connectivity index (χ4v) is 2.43. The first-order valence-electron chi connectivity index (χ1n) is 6.03. The molecule has 1 aromatic rings. The van der Waals surface area contributed by atoms with Crippen molar-refractivity contribution in [2.75, 3.05) is 20.6 Å². The Labute approximate surface area is 110 Å². The molecule has 1 heterocycles. The third kappa shape index (κ3) is 3.83. The van der Waals surface area contributed by atoms with Crippen LogP contribution in [0.5, 0.6) is 0 Å². The number of pyridine rings is 1. The van der Waals surface area contributed by atoms with Gasteiger partial charge in [0.2, 0.25) is 0 Å². The summed E-state index contributed by atoms with van der Waals surface area (Å²) in [4.78, 5) is 6.36. The summed E-state index contributed by atoms with van der Waals surface area (Å²) in [5.74, 6) is 0. The highest BCUT2D eigenvalue weighted by Crippen LogP contribution is 2.32. The van der Waals surface area contributed by atoms with Crippen molar-refractivity contribution in [3.63, 3.8) is 0 Å². The zero-order valence-corrected chi connectivity index (χ0v) is 11.5. The van der Waals surface area contributed by atoms with Crippen LogP contribution in [0.3, 0.4) is 0 Å². The Morgan fingerprint density at radius 1 is 1.12 bits per heavy atom. The van der Waals surface area contributed by atoms with Crippen LogP contribution in [0.25, 0.3) is 5.57 Å².